The third-order valence-electron chi connectivity index (χ3n) is 6.46. The van der Waals surface area contributed by atoms with Crippen molar-refractivity contribution in [2.75, 3.05) is 31.7 Å². The maximum Gasteiger partial charge on any atom is 0.264 e. The molecule has 1 N–H and O–H groups in total. The van der Waals surface area contributed by atoms with Gasteiger partial charge in [0.2, 0.25) is 0 Å². The number of nitrogens with one attached hydrogen (secondary N) is 1. The lowest BCUT2D eigenvalue weighted by molar-refractivity contribution is -0.119. The second kappa shape index (κ2) is 14.9. The predicted molar refractivity (Wildman–Crippen MR) is 169 cm³/mol. The van der Waals surface area contributed by atoms with E-state index in [0.717, 1.165) is 15.4 Å². The molecule has 0 fully saturated rings. The highest BCUT2D eigenvalue weighted by atomic mass is 32.2. The van der Waals surface area contributed by atoms with E-state index in [-0.39, 0.29) is 10.6 Å². The molecule has 0 atom stereocenters. The maximum atomic E-state index is 13.7. The average molecular weight is 618 g/mol. The Hall–Kier alpha value is -5.03. The summed E-state index contributed by atoms with van der Waals surface area (Å²) in [5.74, 6) is 1.18. The lowest BCUT2D eigenvalue weighted by Gasteiger charge is -2.24. The molecule has 1 amide bonds. The van der Waals surface area contributed by atoms with Crippen LogP contribution in [0.25, 0.3) is 0 Å². The summed E-state index contributed by atoms with van der Waals surface area (Å²) in [6, 6.07) is 26.1. The molecule has 4 aromatic carbocycles. The first kappa shape index (κ1) is 31.9. The molecule has 10 nitrogen and oxygen atoms in total. The minimum absolute atomic E-state index is 0.0345. The number of aryl methyl sites for hydroxylation is 1. The summed E-state index contributed by atoms with van der Waals surface area (Å²) < 4.78 is 50.8. The summed E-state index contributed by atoms with van der Waals surface area (Å²) >= 11 is 0. The Morgan fingerprint density at radius 2 is 1.55 bits per heavy atom. The lowest BCUT2D eigenvalue weighted by atomic mass is 10.2. The first-order valence-electron chi connectivity index (χ1n) is 13.8. The van der Waals surface area contributed by atoms with E-state index < -0.39 is 22.5 Å². The minimum Gasteiger partial charge on any atom is -0.493 e. The van der Waals surface area contributed by atoms with Crippen molar-refractivity contribution in [1.82, 2.24) is 5.43 Å². The number of rotatable bonds is 14. The Morgan fingerprint density at radius 1 is 0.841 bits per heavy atom. The molecule has 44 heavy (non-hydrogen) atoms. The van der Waals surface area contributed by atoms with Crippen LogP contribution in [0.4, 0.5) is 5.69 Å². The van der Waals surface area contributed by atoms with Crippen LogP contribution in [0.5, 0.6) is 23.0 Å². The summed E-state index contributed by atoms with van der Waals surface area (Å²) in [6.07, 6.45) is 1.44. The zero-order chi connectivity index (χ0) is 31.5. The van der Waals surface area contributed by atoms with Gasteiger partial charge in [-0.2, -0.15) is 5.10 Å². The molecule has 230 valence electrons. The van der Waals surface area contributed by atoms with Gasteiger partial charge in [0, 0.05) is 6.07 Å². The van der Waals surface area contributed by atoms with E-state index in [1.54, 1.807) is 42.5 Å². The molecule has 0 radical (unpaired) electrons. The standard InChI is InChI=1S/C33H35N3O7S/c1-5-42-32-19-26(13-17-30(32)43-23-25-9-7-6-8-10-25)21-34-35-33(37)22-36(27-14-18-29(40-3)31(20-27)41-4)44(38,39)28-15-11-24(2)12-16-28/h6-21H,5,22-23H2,1-4H3,(H,35,37)/b34-21+. The monoisotopic (exact) mass is 617 g/mol. The molecule has 0 spiro atoms. The van der Waals surface area contributed by atoms with Crippen LogP contribution in [0, 0.1) is 6.92 Å². The SMILES string of the molecule is CCOc1cc(/C=N/NC(=O)CN(c2ccc(OC)c(OC)c2)S(=O)(=O)c2ccc(C)cc2)ccc1OCc1ccccc1. The molecule has 11 heteroatoms. The van der Waals surface area contributed by atoms with Crippen LogP contribution in [-0.2, 0) is 21.4 Å². The normalized spacial score (nSPS) is 11.2. The van der Waals surface area contributed by atoms with Crippen LogP contribution in [0.3, 0.4) is 0 Å². The molecule has 0 aliphatic carbocycles. The summed E-state index contributed by atoms with van der Waals surface area (Å²) in [5.41, 5.74) is 5.21. The fraction of sp³-hybridized carbons (Fsp3) is 0.212. The summed E-state index contributed by atoms with van der Waals surface area (Å²) in [5, 5.41) is 4.05. The number of benzene rings is 4. The molecule has 0 aliphatic rings. The Bertz CT molecular complexity index is 1690. The van der Waals surface area contributed by atoms with Crippen molar-refractivity contribution in [1.29, 1.82) is 0 Å². The molecular formula is C33H35N3O7S. The number of ether oxygens (including phenoxy) is 4. The van der Waals surface area contributed by atoms with Gasteiger partial charge in [-0.15, -0.1) is 0 Å². The number of sulfonamides is 1. The van der Waals surface area contributed by atoms with Gasteiger partial charge in [-0.05, 0) is 67.4 Å². The summed E-state index contributed by atoms with van der Waals surface area (Å²) in [6.45, 7) is 4.00. The highest BCUT2D eigenvalue weighted by molar-refractivity contribution is 7.92. The largest absolute Gasteiger partial charge is 0.493 e. The highest BCUT2D eigenvalue weighted by Crippen LogP contribution is 2.34. The van der Waals surface area contributed by atoms with Crippen LogP contribution < -0.4 is 28.7 Å². The minimum atomic E-state index is -4.14. The quantitative estimate of drug-likeness (QED) is 0.150. The molecule has 0 aromatic heterocycles. The molecule has 0 heterocycles. The second-order valence-corrected chi connectivity index (χ2v) is 11.4. The van der Waals surface area contributed by atoms with Crippen molar-refractivity contribution in [3.63, 3.8) is 0 Å². The maximum absolute atomic E-state index is 13.7. The van der Waals surface area contributed by atoms with Gasteiger partial charge in [-0.1, -0.05) is 48.0 Å². The Morgan fingerprint density at radius 3 is 2.23 bits per heavy atom. The van der Waals surface area contributed by atoms with Crippen molar-refractivity contribution < 1.29 is 32.2 Å². The van der Waals surface area contributed by atoms with Crippen LogP contribution >= 0.6 is 0 Å². The third kappa shape index (κ3) is 8.07. The third-order valence-corrected chi connectivity index (χ3v) is 8.25. The molecule has 0 bridgehead atoms. The van der Waals surface area contributed by atoms with E-state index in [1.165, 1.54) is 38.6 Å². The Balaban J connectivity index is 1.52. The summed E-state index contributed by atoms with van der Waals surface area (Å²) in [4.78, 5) is 13.1. The fourth-order valence-corrected chi connectivity index (χ4v) is 5.62. The van der Waals surface area contributed by atoms with Crippen LogP contribution in [-0.4, -0.2) is 47.9 Å². The van der Waals surface area contributed by atoms with Crippen LogP contribution in [0.15, 0.2) is 101 Å². The van der Waals surface area contributed by atoms with Crippen molar-refractivity contribution in [3.05, 3.63) is 108 Å². The molecule has 4 rings (SSSR count). The van der Waals surface area contributed by atoms with E-state index >= 15 is 0 Å². The molecule has 0 aliphatic heterocycles. The van der Waals surface area contributed by atoms with Gasteiger partial charge in [-0.25, -0.2) is 13.8 Å². The summed E-state index contributed by atoms with van der Waals surface area (Å²) in [7, 11) is -1.21. The predicted octanol–water partition coefficient (Wildman–Crippen LogP) is 5.34. The number of methoxy groups -OCH3 is 2. The number of amides is 1. The number of hydrazone groups is 1. The molecule has 0 unspecified atom stereocenters. The first-order valence-corrected chi connectivity index (χ1v) is 15.3. The van der Waals surface area contributed by atoms with E-state index in [1.807, 2.05) is 44.2 Å². The van der Waals surface area contributed by atoms with Gasteiger partial charge in [0.1, 0.15) is 13.2 Å². The zero-order valence-corrected chi connectivity index (χ0v) is 25.8. The van der Waals surface area contributed by atoms with E-state index in [4.69, 9.17) is 18.9 Å². The smallest absolute Gasteiger partial charge is 0.264 e. The van der Waals surface area contributed by atoms with E-state index in [9.17, 15) is 13.2 Å². The molecule has 4 aromatic rings. The number of hydrogen-bond acceptors (Lipinski definition) is 8. The number of nitrogens with zero attached hydrogens (tertiary/aromatic N) is 2. The highest BCUT2D eigenvalue weighted by Gasteiger charge is 2.28. The van der Waals surface area contributed by atoms with Crippen molar-refractivity contribution in [2.45, 2.75) is 25.3 Å². The number of hydrogen-bond donors (Lipinski definition) is 1. The van der Waals surface area contributed by atoms with E-state index in [0.29, 0.717) is 41.8 Å². The van der Waals surface area contributed by atoms with Crippen molar-refractivity contribution in [2.24, 2.45) is 5.10 Å². The average Bonchev–Trinajstić information content (AvgIpc) is 3.03. The first-order chi connectivity index (χ1) is 21.2. The van der Waals surface area contributed by atoms with Crippen molar-refractivity contribution >= 4 is 27.8 Å². The number of carbonyl (C=O) groups is 1. The van der Waals surface area contributed by atoms with Gasteiger partial charge in [0.05, 0.1) is 37.6 Å². The van der Waals surface area contributed by atoms with Gasteiger partial charge >= 0.3 is 0 Å². The van der Waals surface area contributed by atoms with Gasteiger partial charge in [-0.3, -0.25) is 9.10 Å². The molecular weight excluding hydrogens is 582 g/mol. The topological polar surface area (TPSA) is 116 Å². The Kier molecular flexibility index (Phi) is 10.8. The van der Waals surface area contributed by atoms with Crippen molar-refractivity contribution in [3.8, 4) is 23.0 Å². The number of anilines is 1. The fourth-order valence-electron chi connectivity index (χ4n) is 4.20. The van der Waals surface area contributed by atoms with Gasteiger partial charge in [0.25, 0.3) is 15.9 Å². The van der Waals surface area contributed by atoms with Gasteiger partial charge < -0.3 is 18.9 Å². The Labute approximate surface area is 257 Å². The number of carbonyl (C=O) groups excluding carboxylic acids is 1. The van der Waals surface area contributed by atoms with Gasteiger partial charge in [0.15, 0.2) is 23.0 Å². The molecule has 0 saturated heterocycles. The van der Waals surface area contributed by atoms with E-state index in [2.05, 4.69) is 10.5 Å². The second-order valence-electron chi connectivity index (χ2n) is 9.57. The zero-order valence-electron chi connectivity index (χ0n) is 25.0. The van der Waals surface area contributed by atoms with Crippen LogP contribution in [0.2, 0.25) is 0 Å². The molecule has 0 saturated carbocycles. The lowest BCUT2D eigenvalue weighted by Crippen LogP contribution is -2.39. The van der Waals surface area contributed by atoms with Crippen LogP contribution in [0.1, 0.15) is 23.6 Å².